The van der Waals surface area contributed by atoms with Crippen molar-refractivity contribution < 1.29 is 63.4 Å². The zero-order chi connectivity index (χ0) is 46.9. The molecule has 19 nitrogen and oxygen atoms in total. The molecule has 2 heterocycles. The maximum Gasteiger partial charge on any atom is 0.265 e. The topological polar surface area (TPSA) is 290 Å². The predicted octanol–water partition coefficient (Wildman–Crippen LogP) is 3.49. The minimum Gasteiger partial charge on any atom is -0.497 e. The molecule has 0 unspecified atom stereocenters. The zero-order valence-corrected chi connectivity index (χ0v) is 37.4. The molecule has 0 bridgehead atoms. The van der Waals surface area contributed by atoms with E-state index in [1.165, 1.54) is 59.5 Å². The Morgan fingerprint density at radius 1 is 0.615 bits per heavy atom. The first-order valence-electron chi connectivity index (χ1n) is 20.5. The third-order valence-corrected chi connectivity index (χ3v) is 15.9. The Morgan fingerprint density at radius 2 is 1.02 bits per heavy atom. The summed E-state index contributed by atoms with van der Waals surface area (Å²) >= 11 is 0. The molecule has 4 aromatic rings. The van der Waals surface area contributed by atoms with Gasteiger partial charge in [-0.05, 0) is 98.5 Å². The highest BCUT2D eigenvalue weighted by molar-refractivity contribution is 7.94. The van der Waals surface area contributed by atoms with Gasteiger partial charge in [-0.1, -0.05) is 30.3 Å². The average Bonchev–Trinajstić information content (AvgIpc) is 3.35. The van der Waals surface area contributed by atoms with Gasteiger partial charge >= 0.3 is 0 Å². The Labute approximate surface area is 380 Å². The maximum atomic E-state index is 13.2. The molecule has 4 aromatic carbocycles. The number of hydrogen-bond acceptors (Lipinski definition) is 15. The number of nitrogens with one attached hydrogen (secondary N) is 2. The van der Waals surface area contributed by atoms with E-state index < -0.39 is 41.0 Å². The minimum absolute atomic E-state index is 0. The number of nitrogens with two attached hydrogens (primary N) is 2. The van der Waals surface area contributed by atoms with E-state index >= 15 is 0 Å². The first-order chi connectivity index (χ1) is 31.2. The van der Waals surface area contributed by atoms with Gasteiger partial charge in [0.25, 0.3) is 11.8 Å². The summed E-state index contributed by atoms with van der Waals surface area (Å²) in [6, 6.07) is 28.3. The van der Waals surface area contributed by atoms with Crippen molar-refractivity contribution in [2.24, 2.45) is 21.5 Å². The first kappa shape index (κ1) is 49.9. The van der Waals surface area contributed by atoms with Crippen LogP contribution in [0, 0.1) is 0 Å². The van der Waals surface area contributed by atoms with Crippen molar-refractivity contribution in [1.82, 2.24) is 11.0 Å². The van der Waals surface area contributed by atoms with Crippen LogP contribution in [0.15, 0.2) is 123 Å². The van der Waals surface area contributed by atoms with Gasteiger partial charge < -0.3 is 35.2 Å². The van der Waals surface area contributed by atoms with Crippen LogP contribution in [0.4, 0.5) is 0 Å². The smallest absolute Gasteiger partial charge is 0.265 e. The second kappa shape index (κ2) is 23.2. The Morgan fingerprint density at radius 3 is 1.45 bits per heavy atom. The van der Waals surface area contributed by atoms with Gasteiger partial charge in [0, 0.05) is 53.4 Å². The Hall–Kier alpha value is -6.10. The van der Waals surface area contributed by atoms with Crippen LogP contribution in [0.5, 0.6) is 17.2 Å². The number of carbonyl (C=O) groups is 2. The lowest BCUT2D eigenvalue weighted by molar-refractivity contribution is -0.135. The van der Waals surface area contributed by atoms with E-state index in [1.807, 2.05) is 54.6 Å². The highest BCUT2D eigenvalue weighted by Gasteiger charge is 2.53. The number of benzene rings is 4. The van der Waals surface area contributed by atoms with Crippen LogP contribution in [0.3, 0.4) is 0 Å². The van der Waals surface area contributed by atoms with Crippen LogP contribution in [-0.2, 0) is 38.7 Å². The molecule has 2 amide bonds. The Balaban J connectivity index is 0.000000346. The number of nitrogens with zero attached hydrogens (tertiary/aromatic N) is 2. The number of hydroxylamine groups is 2. The minimum atomic E-state index is -4.07. The predicted molar refractivity (Wildman–Crippen MR) is 243 cm³/mol. The van der Waals surface area contributed by atoms with Crippen molar-refractivity contribution in [3.63, 3.8) is 0 Å². The van der Waals surface area contributed by atoms with Crippen LogP contribution in [0.1, 0.15) is 46.1 Å². The molecule has 2 saturated heterocycles. The van der Waals surface area contributed by atoms with E-state index in [1.54, 1.807) is 7.11 Å². The summed E-state index contributed by atoms with van der Waals surface area (Å²) in [5.41, 5.74) is 16.6. The molecule has 2 aliphatic heterocycles. The van der Waals surface area contributed by atoms with Gasteiger partial charge in [-0.2, -0.15) is 0 Å². The molecule has 0 saturated carbocycles. The lowest BCUT2D eigenvalue weighted by Gasteiger charge is -2.34. The molecular weight excluding hydrogens is 885 g/mol. The van der Waals surface area contributed by atoms with Crippen molar-refractivity contribution >= 4 is 43.2 Å². The van der Waals surface area contributed by atoms with Gasteiger partial charge in [-0.15, -0.1) is 0 Å². The van der Waals surface area contributed by atoms with Gasteiger partial charge in [-0.3, -0.25) is 30.0 Å². The molecule has 65 heavy (non-hydrogen) atoms. The van der Waals surface area contributed by atoms with Crippen molar-refractivity contribution in [3.05, 3.63) is 114 Å². The lowest BCUT2D eigenvalue weighted by atomic mass is 9.98. The SMILES string of the molecule is COc1ccc(C(N)=NCCCOc2ccc(S(=O)(=O)C3(C(=O)NO)CCOCC3)cc2)cc1.NC(=NCCOc1ccc(S(=O)(=O)C2(C(=O)NO)CCOCC2)cc1)c1ccccc1.[HH].[HH]. The second-order valence-corrected chi connectivity index (χ2v) is 19.2. The Bertz CT molecular complexity index is 2470. The molecular formula is C44H58N6O13S2. The van der Waals surface area contributed by atoms with Crippen LogP contribution in [-0.4, -0.2) is 120 Å². The van der Waals surface area contributed by atoms with E-state index in [9.17, 15) is 26.4 Å². The fourth-order valence-electron chi connectivity index (χ4n) is 7.06. The fraction of sp³-hybridized carbons (Fsp3) is 0.364. The summed E-state index contributed by atoms with van der Waals surface area (Å²) in [5, 5.41) is 18.2. The van der Waals surface area contributed by atoms with E-state index in [0.717, 1.165) is 16.9 Å². The van der Waals surface area contributed by atoms with Gasteiger partial charge in [0.2, 0.25) is 0 Å². The normalized spacial score (nSPS) is 16.2. The van der Waals surface area contributed by atoms with E-state index in [0.29, 0.717) is 49.3 Å². The largest absolute Gasteiger partial charge is 0.497 e. The third kappa shape index (κ3) is 12.0. The molecule has 2 fully saturated rings. The number of aliphatic imine (C=N–C) groups is 2. The van der Waals surface area contributed by atoms with Crippen LogP contribution in [0.2, 0.25) is 0 Å². The highest BCUT2D eigenvalue weighted by atomic mass is 32.2. The summed E-state index contributed by atoms with van der Waals surface area (Å²) in [7, 11) is -6.54. The molecule has 0 aliphatic carbocycles. The summed E-state index contributed by atoms with van der Waals surface area (Å²) in [4.78, 5) is 33.1. The summed E-state index contributed by atoms with van der Waals surface area (Å²) < 4.78 is 76.1. The molecule has 0 radical (unpaired) electrons. The average molecular weight is 943 g/mol. The van der Waals surface area contributed by atoms with Crippen LogP contribution < -0.4 is 36.6 Å². The fourth-order valence-corrected chi connectivity index (χ4v) is 10.9. The second-order valence-electron chi connectivity index (χ2n) is 14.7. The molecule has 8 N–H and O–H groups in total. The van der Waals surface area contributed by atoms with Crippen LogP contribution in [0.25, 0.3) is 0 Å². The molecule has 2 aliphatic rings. The van der Waals surface area contributed by atoms with Crippen molar-refractivity contribution in [1.29, 1.82) is 0 Å². The molecule has 0 aromatic heterocycles. The summed E-state index contributed by atoms with van der Waals surface area (Å²) in [5.74, 6) is 0.610. The van der Waals surface area contributed by atoms with E-state index in [-0.39, 0.29) is 71.4 Å². The number of rotatable bonds is 18. The zero-order valence-electron chi connectivity index (χ0n) is 35.8. The number of hydrogen-bond donors (Lipinski definition) is 6. The Kier molecular flexibility index (Phi) is 17.8. The molecule has 21 heteroatoms. The number of amides is 2. The number of methoxy groups -OCH3 is 1. The van der Waals surface area contributed by atoms with Crippen molar-refractivity contribution in [3.8, 4) is 17.2 Å². The molecule has 0 atom stereocenters. The standard InChI is InChI=1S/C23H29N3O7S.C21H25N3O6S.2H2/c1-31-18-5-3-17(4-6-18)21(24)25-13-2-14-33-19-7-9-20(10-8-19)34(29,30)23(22(27)26-28)11-15-32-16-12-23;22-19(16-4-2-1-3-5-16)23-12-15-30-17-6-8-18(9-7-17)31(27,28)21(20(25)24-26)10-13-29-14-11-21;;/h3-10,28H,2,11-16H2,1H3,(H2,24,25)(H,26,27);1-9,26H,10-15H2,(H2,22,23)(H,24,25);2*1H. The van der Waals surface area contributed by atoms with E-state index in [4.69, 9.17) is 45.6 Å². The van der Waals surface area contributed by atoms with Crippen LogP contribution >= 0.6 is 0 Å². The number of amidine groups is 2. The quantitative estimate of drug-likeness (QED) is 0.0274. The van der Waals surface area contributed by atoms with Gasteiger partial charge in [0.15, 0.2) is 29.2 Å². The summed E-state index contributed by atoms with van der Waals surface area (Å²) in [6.45, 7) is 1.86. The molecule has 6 rings (SSSR count). The summed E-state index contributed by atoms with van der Waals surface area (Å²) in [6.07, 6.45) is 0.443. The number of ether oxygens (including phenoxy) is 5. The van der Waals surface area contributed by atoms with Crippen molar-refractivity contribution in [2.75, 3.05) is 59.8 Å². The highest BCUT2D eigenvalue weighted by Crippen LogP contribution is 2.37. The van der Waals surface area contributed by atoms with Gasteiger partial charge in [0.1, 0.15) is 35.5 Å². The van der Waals surface area contributed by atoms with Crippen molar-refractivity contribution in [2.45, 2.75) is 51.4 Å². The number of carbonyl (C=O) groups excluding carboxylic acids is 2. The molecule has 354 valence electrons. The molecule has 0 spiro atoms. The lowest BCUT2D eigenvalue weighted by Crippen LogP contribution is -2.54. The number of sulfone groups is 2. The maximum absolute atomic E-state index is 13.2. The van der Waals surface area contributed by atoms with Gasteiger partial charge in [-0.25, -0.2) is 27.8 Å². The monoisotopic (exact) mass is 942 g/mol. The van der Waals surface area contributed by atoms with Gasteiger partial charge in [0.05, 0.1) is 30.1 Å². The third-order valence-electron chi connectivity index (χ3n) is 10.9. The van der Waals surface area contributed by atoms with E-state index in [2.05, 4.69) is 9.98 Å². The first-order valence-corrected chi connectivity index (χ1v) is 23.5.